The molecule has 0 saturated carbocycles. The van der Waals surface area contributed by atoms with E-state index in [9.17, 15) is 24.1 Å². The second kappa shape index (κ2) is 5.17. The number of nitro benzene ring substituents is 1. The molecule has 1 amide bonds. The van der Waals surface area contributed by atoms with Gasteiger partial charge >= 0.3 is 5.97 Å². The molecule has 1 aromatic carbocycles. The van der Waals surface area contributed by atoms with Gasteiger partial charge < -0.3 is 10.4 Å². The number of halogens is 1. The number of carboxylic acids is 1. The minimum atomic E-state index is -1.56. The standard InChI is InChI=1S/C13H12FN3O5/c1-3-13(2)12(20)15-10(16-13)9-7(11(18)19)4-6(17(21)22)5-8(9)14/h4-5H,3H2,1-2H3,(H,18,19)(H,15,16,20). The maximum atomic E-state index is 14.2. The second-order valence-corrected chi connectivity index (χ2v) is 4.95. The molecule has 2 rings (SSSR count). The average Bonchev–Trinajstić information content (AvgIpc) is 2.73. The van der Waals surface area contributed by atoms with Crippen LogP contribution < -0.4 is 5.32 Å². The van der Waals surface area contributed by atoms with Gasteiger partial charge in [-0.15, -0.1) is 0 Å². The van der Waals surface area contributed by atoms with Crippen molar-refractivity contribution in [1.82, 2.24) is 5.32 Å². The van der Waals surface area contributed by atoms with E-state index in [2.05, 4.69) is 10.3 Å². The zero-order chi connectivity index (χ0) is 16.7. The molecule has 8 nitrogen and oxygen atoms in total. The summed E-state index contributed by atoms with van der Waals surface area (Å²) in [4.78, 5) is 37.0. The van der Waals surface area contributed by atoms with Crippen molar-refractivity contribution >= 4 is 23.4 Å². The van der Waals surface area contributed by atoms with Gasteiger partial charge in [0.15, 0.2) is 0 Å². The fraction of sp³-hybridized carbons (Fsp3) is 0.308. The van der Waals surface area contributed by atoms with Gasteiger partial charge in [-0.05, 0) is 13.3 Å². The Morgan fingerprint density at radius 1 is 1.55 bits per heavy atom. The molecule has 1 aliphatic heterocycles. The Morgan fingerprint density at radius 3 is 2.64 bits per heavy atom. The van der Waals surface area contributed by atoms with Gasteiger partial charge in [0, 0.05) is 6.07 Å². The molecular weight excluding hydrogens is 297 g/mol. The van der Waals surface area contributed by atoms with E-state index in [1.54, 1.807) is 6.92 Å². The summed E-state index contributed by atoms with van der Waals surface area (Å²) in [5, 5.41) is 22.2. The van der Waals surface area contributed by atoms with Gasteiger partial charge in [-0.25, -0.2) is 9.18 Å². The molecule has 1 aliphatic rings. The summed E-state index contributed by atoms with van der Waals surface area (Å²) in [6, 6.07) is 1.33. The van der Waals surface area contributed by atoms with Crippen LogP contribution >= 0.6 is 0 Å². The van der Waals surface area contributed by atoms with Crippen molar-refractivity contribution in [2.45, 2.75) is 25.8 Å². The van der Waals surface area contributed by atoms with E-state index in [1.165, 1.54) is 6.92 Å². The maximum absolute atomic E-state index is 14.2. The molecule has 0 fully saturated rings. The van der Waals surface area contributed by atoms with E-state index < -0.39 is 45.0 Å². The van der Waals surface area contributed by atoms with Crippen LogP contribution in [0.1, 0.15) is 36.2 Å². The van der Waals surface area contributed by atoms with E-state index in [1.807, 2.05) is 0 Å². The molecule has 9 heteroatoms. The summed E-state index contributed by atoms with van der Waals surface area (Å²) < 4.78 is 14.2. The number of rotatable bonds is 4. The van der Waals surface area contributed by atoms with Crippen molar-refractivity contribution in [3.8, 4) is 0 Å². The number of hydrogen-bond acceptors (Lipinski definition) is 5. The van der Waals surface area contributed by atoms with E-state index in [-0.39, 0.29) is 5.84 Å². The number of carboxylic acid groups (broad SMARTS) is 1. The van der Waals surface area contributed by atoms with E-state index in [0.29, 0.717) is 12.5 Å². The quantitative estimate of drug-likeness (QED) is 0.644. The fourth-order valence-electron chi connectivity index (χ4n) is 2.03. The molecule has 22 heavy (non-hydrogen) atoms. The Balaban J connectivity index is 2.66. The zero-order valence-corrected chi connectivity index (χ0v) is 11.7. The molecule has 0 bridgehead atoms. The molecule has 0 spiro atoms. The molecule has 0 radical (unpaired) electrons. The van der Waals surface area contributed by atoms with E-state index in [4.69, 9.17) is 5.11 Å². The van der Waals surface area contributed by atoms with Gasteiger partial charge in [0.2, 0.25) is 0 Å². The highest BCUT2D eigenvalue weighted by Gasteiger charge is 2.39. The highest BCUT2D eigenvalue weighted by molar-refractivity contribution is 6.18. The Kier molecular flexibility index (Phi) is 3.65. The predicted octanol–water partition coefficient (Wildman–Crippen LogP) is 1.48. The molecular formula is C13H12FN3O5. The number of nitrogens with zero attached hydrogens (tertiary/aromatic N) is 2. The van der Waals surface area contributed by atoms with Crippen LogP contribution in [-0.4, -0.2) is 33.3 Å². The van der Waals surface area contributed by atoms with Gasteiger partial charge in [-0.3, -0.25) is 19.9 Å². The van der Waals surface area contributed by atoms with Crippen LogP contribution in [-0.2, 0) is 4.79 Å². The van der Waals surface area contributed by atoms with Gasteiger partial charge in [0.1, 0.15) is 17.2 Å². The first-order valence-electron chi connectivity index (χ1n) is 6.32. The third-order valence-electron chi connectivity index (χ3n) is 3.52. The number of nitro groups is 1. The lowest BCUT2D eigenvalue weighted by Gasteiger charge is -2.13. The van der Waals surface area contributed by atoms with E-state index >= 15 is 0 Å². The molecule has 1 atom stereocenters. The molecule has 0 aromatic heterocycles. The third-order valence-corrected chi connectivity index (χ3v) is 3.52. The first-order valence-corrected chi connectivity index (χ1v) is 6.32. The second-order valence-electron chi connectivity index (χ2n) is 4.95. The fourth-order valence-corrected chi connectivity index (χ4v) is 2.03. The van der Waals surface area contributed by atoms with Crippen LogP contribution in [0.15, 0.2) is 17.1 Å². The topological polar surface area (TPSA) is 122 Å². The summed E-state index contributed by atoms with van der Waals surface area (Å²) in [7, 11) is 0. The van der Waals surface area contributed by atoms with Gasteiger partial charge in [0.25, 0.3) is 11.6 Å². The monoisotopic (exact) mass is 309 g/mol. The van der Waals surface area contributed by atoms with Crippen molar-refractivity contribution in [2.24, 2.45) is 4.99 Å². The number of aromatic carboxylic acids is 1. The van der Waals surface area contributed by atoms with Crippen LogP contribution in [0.5, 0.6) is 0 Å². The molecule has 1 aromatic rings. The van der Waals surface area contributed by atoms with Crippen molar-refractivity contribution in [3.63, 3.8) is 0 Å². The summed E-state index contributed by atoms with van der Waals surface area (Å²) in [5.74, 6) is -3.41. The highest BCUT2D eigenvalue weighted by Crippen LogP contribution is 2.27. The van der Waals surface area contributed by atoms with Crippen LogP contribution in [0.3, 0.4) is 0 Å². The molecule has 0 aliphatic carbocycles. The van der Waals surface area contributed by atoms with Crippen molar-refractivity contribution in [1.29, 1.82) is 0 Å². The number of benzene rings is 1. The molecule has 1 heterocycles. The number of nitrogens with one attached hydrogen (secondary N) is 1. The summed E-state index contributed by atoms with van der Waals surface area (Å²) in [5.41, 5.74) is -2.92. The summed E-state index contributed by atoms with van der Waals surface area (Å²) >= 11 is 0. The SMILES string of the molecule is CCC1(C)N=C(c2c(F)cc([N+](=O)[O-])cc2C(=O)O)NC1=O. The highest BCUT2D eigenvalue weighted by atomic mass is 19.1. The number of hydrogen-bond donors (Lipinski definition) is 2. The lowest BCUT2D eigenvalue weighted by Crippen LogP contribution is -2.37. The lowest BCUT2D eigenvalue weighted by molar-refractivity contribution is -0.385. The maximum Gasteiger partial charge on any atom is 0.336 e. The van der Waals surface area contributed by atoms with Crippen molar-refractivity contribution in [2.75, 3.05) is 0 Å². The number of carbonyl (C=O) groups is 2. The van der Waals surface area contributed by atoms with Gasteiger partial charge in [0.05, 0.1) is 22.1 Å². The largest absolute Gasteiger partial charge is 0.478 e. The number of amidine groups is 1. The molecule has 2 N–H and O–H groups in total. The number of carbonyl (C=O) groups excluding carboxylic acids is 1. The Hall–Kier alpha value is -2.84. The normalized spacial score (nSPS) is 20.5. The number of non-ortho nitro benzene ring substituents is 1. The minimum absolute atomic E-state index is 0.237. The minimum Gasteiger partial charge on any atom is -0.478 e. The Bertz CT molecular complexity index is 731. The first kappa shape index (κ1) is 15.5. The molecule has 1 unspecified atom stereocenters. The molecule has 0 saturated heterocycles. The third kappa shape index (κ3) is 2.41. The van der Waals surface area contributed by atoms with Gasteiger partial charge in [-0.1, -0.05) is 6.92 Å². The van der Waals surface area contributed by atoms with E-state index in [0.717, 1.165) is 6.07 Å². The summed E-state index contributed by atoms with van der Waals surface area (Å²) in [6.07, 6.45) is 0.333. The van der Waals surface area contributed by atoms with Crippen LogP contribution in [0.25, 0.3) is 0 Å². The number of amides is 1. The van der Waals surface area contributed by atoms with Crippen LogP contribution in [0, 0.1) is 15.9 Å². The summed E-state index contributed by atoms with van der Waals surface area (Å²) in [6.45, 7) is 3.23. The molecule has 116 valence electrons. The number of aliphatic imine (C=N–C) groups is 1. The van der Waals surface area contributed by atoms with Crippen LogP contribution in [0.4, 0.5) is 10.1 Å². The smallest absolute Gasteiger partial charge is 0.336 e. The average molecular weight is 309 g/mol. The predicted molar refractivity (Wildman–Crippen MR) is 73.4 cm³/mol. The zero-order valence-electron chi connectivity index (χ0n) is 11.7. The van der Waals surface area contributed by atoms with Gasteiger partial charge in [-0.2, -0.15) is 0 Å². The Labute approximate surface area is 123 Å². The van der Waals surface area contributed by atoms with Crippen LogP contribution in [0.2, 0.25) is 0 Å². The van der Waals surface area contributed by atoms with Crippen molar-refractivity contribution < 1.29 is 24.0 Å². The Morgan fingerprint density at radius 2 is 2.18 bits per heavy atom. The first-order chi connectivity index (χ1) is 10.2. The van der Waals surface area contributed by atoms with Crippen molar-refractivity contribution in [3.05, 3.63) is 39.2 Å². The lowest BCUT2D eigenvalue weighted by atomic mass is 10.0.